The number of rotatable bonds is 5. The summed E-state index contributed by atoms with van der Waals surface area (Å²) in [5.74, 6) is 2.37. The SMILES string of the molecule is C[C@H](O)c1ccc(CNC(=O)c2ccc(C3SCCCS3)cc2)cc1. The van der Waals surface area contributed by atoms with Crippen molar-refractivity contribution in [2.45, 2.75) is 30.6 Å². The van der Waals surface area contributed by atoms with Gasteiger partial charge in [0.05, 0.1) is 10.7 Å². The lowest BCUT2D eigenvalue weighted by molar-refractivity contribution is 0.0951. The molecule has 3 rings (SSSR count). The highest BCUT2D eigenvalue weighted by Crippen LogP contribution is 2.43. The number of hydrogen-bond donors (Lipinski definition) is 2. The molecule has 1 saturated heterocycles. The Hall–Kier alpha value is -1.43. The summed E-state index contributed by atoms with van der Waals surface area (Å²) in [6, 6.07) is 15.6. The van der Waals surface area contributed by atoms with E-state index in [1.807, 2.05) is 59.9 Å². The van der Waals surface area contributed by atoms with Crippen molar-refractivity contribution in [3.05, 3.63) is 70.8 Å². The smallest absolute Gasteiger partial charge is 0.251 e. The van der Waals surface area contributed by atoms with Crippen molar-refractivity contribution in [1.82, 2.24) is 5.32 Å². The van der Waals surface area contributed by atoms with Gasteiger partial charge in [0, 0.05) is 12.1 Å². The molecule has 0 spiro atoms. The molecule has 1 amide bonds. The molecule has 1 fully saturated rings. The van der Waals surface area contributed by atoms with Crippen LogP contribution in [0.4, 0.5) is 0 Å². The van der Waals surface area contributed by atoms with Gasteiger partial charge < -0.3 is 10.4 Å². The maximum atomic E-state index is 12.3. The summed E-state index contributed by atoms with van der Waals surface area (Å²) in [4.78, 5) is 12.3. The zero-order valence-electron chi connectivity index (χ0n) is 14.3. The van der Waals surface area contributed by atoms with Crippen LogP contribution in [0.15, 0.2) is 48.5 Å². The van der Waals surface area contributed by atoms with Crippen LogP contribution in [0.2, 0.25) is 0 Å². The van der Waals surface area contributed by atoms with E-state index in [9.17, 15) is 9.90 Å². The minimum Gasteiger partial charge on any atom is -0.389 e. The molecule has 1 heterocycles. The van der Waals surface area contributed by atoms with E-state index in [4.69, 9.17) is 0 Å². The lowest BCUT2D eigenvalue weighted by atomic mass is 10.1. The molecule has 5 heteroatoms. The molecule has 2 aromatic carbocycles. The first-order chi connectivity index (χ1) is 12.1. The fourth-order valence-corrected chi connectivity index (χ4v) is 5.56. The van der Waals surface area contributed by atoms with Gasteiger partial charge in [-0.05, 0) is 53.7 Å². The standard InChI is InChI=1S/C20H23NO2S2/c1-14(22)16-5-3-15(4-6-16)13-21-19(23)17-7-9-18(10-8-17)20-24-11-2-12-25-20/h3-10,14,20,22H,2,11-13H2,1H3,(H,21,23)/t14-/m0/s1. The Morgan fingerprint density at radius 3 is 2.36 bits per heavy atom. The number of nitrogens with one attached hydrogen (secondary N) is 1. The van der Waals surface area contributed by atoms with Crippen molar-refractivity contribution >= 4 is 29.4 Å². The molecule has 132 valence electrons. The molecule has 0 saturated carbocycles. The number of carbonyl (C=O) groups is 1. The number of benzene rings is 2. The monoisotopic (exact) mass is 373 g/mol. The first-order valence-electron chi connectivity index (χ1n) is 8.52. The van der Waals surface area contributed by atoms with Crippen LogP contribution in [0.5, 0.6) is 0 Å². The molecule has 0 aliphatic carbocycles. The lowest BCUT2D eigenvalue weighted by Gasteiger charge is -2.21. The van der Waals surface area contributed by atoms with Gasteiger partial charge >= 0.3 is 0 Å². The Morgan fingerprint density at radius 1 is 1.12 bits per heavy atom. The van der Waals surface area contributed by atoms with Crippen molar-refractivity contribution in [2.75, 3.05) is 11.5 Å². The van der Waals surface area contributed by atoms with Crippen LogP contribution < -0.4 is 5.32 Å². The van der Waals surface area contributed by atoms with Crippen molar-refractivity contribution < 1.29 is 9.90 Å². The molecule has 0 unspecified atom stereocenters. The molecule has 3 nitrogen and oxygen atoms in total. The van der Waals surface area contributed by atoms with Gasteiger partial charge in [0.1, 0.15) is 0 Å². The molecular formula is C20H23NO2S2. The zero-order valence-corrected chi connectivity index (χ0v) is 15.9. The molecule has 0 bridgehead atoms. The van der Waals surface area contributed by atoms with Crippen LogP contribution in [0.25, 0.3) is 0 Å². The highest BCUT2D eigenvalue weighted by Gasteiger charge is 2.16. The first-order valence-corrected chi connectivity index (χ1v) is 10.6. The van der Waals surface area contributed by atoms with E-state index in [0.29, 0.717) is 16.7 Å². The third kappa shape index (κ3) is 5.03. The fourth-order valence-electron chi connectivity index (χ4n) is 2.67. The van der Waals surface area contributed by atoms with Gasteiger partial charge in [-0.3, -0.25) is 4.79 Å². The van der Waals surface area contributed by atoms with Gasteiger partial charge in [-0.1, -0.05) is 36.4 Å². The van der Waals surface area contributed by atoms with Gasteiger partial charge in [0.2, 0.25) is 0 Å². The molecule has 2 aromatic rings. The third-order valence-corrected chi connectivity index (χ3v) is 7.20. The molecule has 1 aliphatic heterocycles. The maximum Gasteiger partial charge on any atom is 0.251 e. The Morgan fingerprint density at radius 2 is 1.76 bits per heavy atom. The second kappa shape index (κ2) is 8.79. The Balaban J connectivity index is 1.55. The number of aliphatic hydroxyl groups excluding tert-OH is 1. The van der Waals surface area contributed by atoms with Crippen molar-refractivity contribution in [3.63, 3.8) is 0 Å². The van der Waals surface area contributed by atoms with Crippen LogP contribution in [-0.4, -0.2) is 22.5 Å². The summed E-state index contributed by atoms with van der Waals surface area (Å²) in [5, 5.41) is 12.5. The van der Waals surface area contributed by atoms with E-state index in [-0.39, 0.29) is 5.91 Å². The molecule has 2 N–H and O–H groups in total. The van der Waals surface area contributed by atoms with Gasteiger partial charge in [-0.25, -0.2) is 0 Å². The predicted octanol–water partition coefficient (Wildman–Crippen LogP) is 4.54. The summed E-state index contributed by atoms with van der Waals surface area (Å²) in [7, 11) is 0. The Bertz CT molecular complexity index is 693. The van der Waals surface area contributed by atoms with Gasteiger partial charge in [0.15, 0.2) is 0 Å². The normalized spacial score (nSPS) is 16.4. The molecule has 1 aliphatic rings. The van der Waals surface area contributed by atoms with Crippen LogP contribution in [0, 0.1) is 0 Å². The van der Waals surface area contributed by atoms with E-state index < -0.39 is 6.10 Å². The maximum absolute atomic E-state index is 12.3. The number of aliphatic hydroxyl groups is 1. The number of carbonyl (C=O) groups excluding carboxylic acids is 1. The Kier molecular flexibility index (Phi) is 6.45. The number of thioether (sulfide) groups is 2. The Labute approximate surface area is 157 Å². The molecule has 0 radical (unpaired) electrons. The number of amides is 1. The van der Waals surface area contributed by atoms with Crippen LogP contribution in [0.3, 0.4) is 0 Å². The summed E-state index contributed by atoms with van der Waals surface area (Å²) in [5.41, 5.74) is 3.88. The van der Waals surface area contributed by atoms with Crippen LogP contribution in [-0.2, 0) is 6.54 Å². The second-order valence-corrected chi connectivity index (χ2v) is 8.87. The van der Waals surface area contributed by atoms with E-state index in [1.54, 1.807) is 6.92 Å². The molecular weight excluding hydrogens is 350 g/mol. The van der Waals surface area contributed by atoms with Gasteiger partial charge in [-0.2, -0.15) is 0 Å². The van der Waals surface area contributed by atoms with Gasteiger partial charge in [0.25, 0.3) is 5.91 Å². The molecule has 1 atom stereocenters. The summed E-state index contributed by atoms with van der Waals surface area (Å²) < 4.78 is 0.498. The molecule has 0 aromatic heterocycles. The summed E-state index contributed by atoms with van der Waals surface area (Å²) in [6.45, 7) is 2.22. The zero-order chi connectivity index (χ0) is 17.6. The topological polar surface area (TPSA) is 49.3 Å². The largest absolute Gasteiger partial charge is 0.389 e. The highest BCUT2D eigenvalue weighted by atomic mass is 32.2. The highest BCUT2D eigenvalue weighted by molar-refractivity contribution is 8.16. The van der Waals surface area contributed by atoms with Crippen LogP contribution in [0.1, 0.15) is 51.1 Å². The quantitative estimate of drug-likeness (QED) is 0.808. The predicted molar refractivity (Wildman–Crippen MR) is 107 cm³/mol. The summed E-state index contributed by atoms with van der Waals surface area (Å²) in [6.07, 6.45) is 0.812. The van der Waals surface area contributed by atoms with Crippen molar-refractivity contribution in [2.24, 2.45) is 0 Å². The van der Waals surface area contributed by atoms with Crippen molar-refractivity contribution in [1.29, 1.82) is 0 Å². The average molecular weight is 374 g/mol. The van der Waals surface area contributed by atoms with Crippen LogP contribution >= 0.6 is 23.5 Å². The lowest BCUT2D eigenvalue weighted by Crippen LogP contribution is -2.22. The second-order valence-electron chi connectivity index (χ2n) is 6.15. The van der Waals surface area contributed by atoms with Crippen molar-refractivity contribution in [3.8, 4) is 0 Å². The minimum absolute atomic E-state index is 0.0601. The summed E-state index contributed by atoms with van der Waals surface area (Å²) >= 11 is 3.97. The number of hydrogen-bond acceptors (Lipinski definition) is 4. The molecule has 25 heavy (non-hydrogen) atoms. The van der Waals surface area contributed by atoms with E-state index in [2.05, 4.69) is 17.4 Å². The van der Waals surface area contributed by atoms with E-state index >= 15 is 0 Å². The van der Waals surface area contributed by atoms with Gasteiger partial charge in [-0.15, -0.1) is 23.5 Å². The average Bonchev–Trinajstić information content (AvgIpc) is 2.67. The minimum atomic E-state index is -0.470. The fraction of sp³-hybridized carbons (Fsp3) is 0.350. The first kappa shape index (κ1) is 18.4. The van der Waals surface area contributed by atoms with E-state index in [1.165, 1.54) is 23.5 Å². The van der Waals surface area contributed by atoms with E-state index in [0.717, 1.165) is 11.1 Å². The third-order valence-electron chi connectivity index (χ3n) is 4.19.